The predicted molar refractivity (Wildman–Crippen MR) is 120 cm³/mol. The molecule has 0 radical (unpaired) electrons. The first kappa shape index (κ1) is 23.3. The van der Waals surface area contributed by atoms with Crippen molar-refractivity contribution in [2.24, 2.45) is 5.73 Å². The van der Waals surface area contributed by atoms with Gasteiger partial charge < -0.3 is 20.5 Å². The van der Waals surface area contributed by atoms with Gasteiger partial charge in [-0.05, 0) is 48.4 Å². The van der Waals surface area contributed by atoms with Gasteiger partial charge in [0.05, 0.1) is 18.7 Å². The summed E-state index contributed by atoms with van der Waals surface area (Å²) in [4.78, 5) is 21.3. The Morgan fingerprint density at radius 1 is 1.09 bits per heavy atom. The van der Waals surface area contributed by atoms with Crippen molar-refractivity contribution in [2.45, 2.75) is 25.8 Å². The standard InChI is InChI=1S/C24H27FN4O3/c1-2-31-13-14-32-23(30)15-21(18-5-7-19(25)8-6-18)22-11-12-27-24(29-22)28-20-9-3-17(16-26)4-10-20/h3-12,21H,2,13-16,26H2,1H3,(H,27,28,29). The van der Waals surface area contributed by atoms with Crippen LogP contribution in [0.1, 0.15) is 36.1 Å². The molecule has 0 aliphatic rings. The number of hydrogen-bond acceptors (Lipinski definition) is 7. The molecule has 0 bridgehead atoms. The number of nitrogens with two attached hydrogens (primary N) is 1. The number of carbonyl (C=O) groups is 1. The number of hydrogen-bond donors (Lipinski definition) is 2. The number of anilines is 2. The van der Waals surface area contributed by atoms with Crippen molar-refractivity contribution in [1.29, 1.82) is 0 Å². The quantitative estimate of drug-likeness (QED) is 0.346. The fourth-order valence-corrected chi connectivity index (χ4v) is 3.15. The van der Waals surface area contributed by atoms with Crippen molar-refractivity contribution in [1.82, 2.24) is 9.97 Å². The fraction of sp³-hybridized carbons (Fsp3) is 0.292. The summed E-state index contributed by atoms with van der Waals surface area (Å²) < 4.78 is 24.0. The highest BCUT2D eigenvalue weighted by Crippen LogP contribution is 2.28. The Balaban J connectivity index is 1.79. The second-order valence-corrected chi connectivity index (χ2v) is 7.06. The van der Waals surface area contributed by atoms with Crippen molar-refractivity contribution < 1.29 is 18.7 Å². The average molecular weight is 439 g/mol. The van der Waals surface area contributed by atoms with Crippen molar-refractivity contribution in [3.05, 3.63) is 83.4 Å². The third kappa shape index (κ3) is 6.83. The lowest BCUT2D eigenvalue weighted by atomic mass is 9.92. The van der Waals surface area contributed by atoms with Gasteiger partial charge in [-0.25, -0.2) is 14.4 Å². The van der Waals surface area contributed by atoms with E-state index in [0.29, 0.717) is 31.4 Å². The van der Waals surface area contributed by atoms with E-state index >= 15 is 0 Å². The lowest BCUT2D eigenvalue weighted by molar-refractivity contribution is -0.145. The molecule has 1 aromatic heterocycles. The van der Waals surface area contributed by atoms with Crippen LogP contribution in [0.4, 0.5) is 16.0 Å². The zero-order valence-corrected chi connectivity index (χ0v) is 18.0. The molecule has 32 heavy (non-hydrogen) atoms. The highest BCUT2D eigenvalue weighted by Gasteiger charge is 2.21. The van der Waals surface area contributed by atoms with Gasteiger partial charge in [-0.15, -0.1) is 0 Å². The van der Waals surface area contributed by atoms with Gasteiger partial charge in [-0.2, -0.15) is 0 Å². The monoisotopic (exact) mass is 438 g/mol. The number of rotatable bonds is 11. The molecule has 0 fully saturated rings. The van der Waals surface area contributed by atoms with Crippen LogP contribution in [0.15, 0.2) is 60.8 Å². The molecule has 168 valence electrons. The van der Waals surface area contributed by atoms with Crippen LogP contribution < -0.4 is 11.1 Å². The van der Waals surface area contributed by atoms with Crippen molar-refractivity contribution in [2.75, 3.05) is 25.1 Å². The maximum absolute atomic E-state index is 13.5. The van der Waals surface area contributed by atoms with Gasteiger partial charge in [-0.3, -0.25) is 4.79 Å². The average Bonchev–Trinajstić information content (AvgIpc) is 2.82. The summed E-state index contributed by atoms with van der Waals surface area (Å²) in [5, 5.41) is 3.16. The summed E-state index contributed by atoms with van der Waals surface area (Å²) in [6.07, 6.45) is 1.68. The number of nitrogens with zero attached hydrogens (tertiary/aromatic N) is 2. The molecule has 0 saturated heterocycles. The topological polar surface area (TPSA) is 99.4 Å². The minimum atomic E-state index is -0.418. The van der Waals surface area contributed by atoms with Crippen LogP contribution in [0.2, 0.25) is 0 Å². The summed E-state index contributed by atoms with van der Waals surface area (Å²) in [6.45, 7) is 3.42. The Labute approximate surface area is 186 Å². The van der Waals surface area contributed by atoms with E-state index in [2.05, 4.69) is 15.3 Å². The molecule has 7 nitrogen and oxygen atoms in total. The number of nitrogens with one attached hydrogen (secondary N) is 1. The van der Waals surface area contributed by atoms with E-state index in [0.717, 1.165) is 16.8 Å². The first-order valence-corrected chi connectivity index (χ1v) is 10.5. The lowest BCUT2D eigenvalue weighted by Gasteiger charge is -2.17. The van der Waals surface area contributed by atoms with Gasteiger partial charge in [-0.1, -0.05) is 24.3 Å². The third-order valence-corrected chi connectivity index (χ3v) is 4.82. The van der Waals surface area contributed by atoms with E-state index in [1.54, 1.807) is 24.4 Å². The molecule has 0 aliphatic heterocycles. The number of aromatic nitrogens is 2. The minimum absolute atomic E-state index is 0.0550. The van der Waals surface area contributed by atoms with E-state index < -0.39 is 5.92 Å². The Kier molecular flexibility index (Phi) is 8.65. The van der Waals surface area contributed by atoms with Crippen molar-refractivity contribution >= 4 is 17.6 Å². The highest BCUT2D eigenvalue weighted by atomic mass is 19.1. The van der Waals surface area contributed by atoms with Crippen LogP contribution in [0.3, 0.4) is 0 Å². The molecule has 3 aromatic rings. The first-order valence-electron chi connectivity index (χ1n) is 10.5. The molecule has 0 aliphatic carbocycles. The van der Waals surface area contributed by atoms with Gasteiger partial charge in [0.1, 0.15) is 12.4 Å². The summed E-state index contributed by atoms with van der Waals surface area (Å²) in [5.41, 5.74) is 8.85. The number of esters is 1. The van der Waals surface area contributed by atoms with E-state index in [9.17, 15) is 9.18 Å². The molecule has 2 aromatic carbocycles. The molecular weight excluding hydrogens is 411 g/mol. The van der Waals surface area contributed by atoms with Gasteiger partial charge in [0.25, 0.3) is 0 Å². The number of carbonyl (C=O) groups excluding carboxylic acids is 1. The minimum Gasteiger partial charge on any atom is -0.463 e. The van der Waals surface area contributed by atoms with Gasteiger partial charge in [0.15, 0.2) is 0 Å². The maximum Gasteiger partial charge on any atom is 0.306 e. The van der Waals surface area contributed by atoms with Gasteiger partial charge in [0, 0.05) is 31.0 Å². The largest absolute Gasteiger partial charge is 0.463 e. The summed E-state index contributed by atoms with van der Waals surface area (Å²) >= 11 is 0. The Morgan fingerprint density at radius 3 is 2.53 bits per heavy atom. The van der Waals surface area contributed by atoms with Crippen LogP contribution in [-0.2, 0) is 20.8 Å². The molecule has 1 unspecified atom stereocenters. The van der Waals surface area contributed by atoms with Crippen LogP contribution in [-0.4, -0.2) is 35.8 Å². The van der Waals surface area contributed by atoms with E-state index in [1.807, 2.05) is 31.2 Å². The molecule has 1 heterocycles. The smallest absolute Gasteiger partial charge is 0.306 e. The lowest BCUT2D eigenvalue weighted by Crippen LogP contribution is -2.16. The summed E-state index contributed by atoms with van der Waals surface area (Å²) in [6, 6.07) is 15.4. The maximum atomic E-state index is 13.5. The van der Waals surface area contributed by atoms with Crippen molar-refractivity contribution in [3.8, 4) is 0 Å². The molecule has 1 atom stereocenters. The van der Waals surface area contributed by atoms with Crippen LogP contribution >= 0.6 is 0 Å². The zero-order valence-electron chi connectivity index (χ0n) is 18.0. The number of ether oxygens (including phenoxy) is 2. The molecule has 8 heteroatoms. The third-order valence-electron chi connectivity index (χ3n) is 4.82. The molecular formula is C24H27FN4O3. The molecule has 0 amide bonds. The van der Waals surface area contributed by atoms with Crippen LogP contribution in [0, 0.1) is 5.82 Å². The molecule has 0 spiro atoms. The summed E-state index contributed by atoms with van der Waals surface area (Å²) in [7, 11) is 0. The van der Waals surface area contributed by atoms with Crippen LogP contribution in [0.25, 0.3) is 0 Å². The second-order valence-electron chi connectivity index (χ2n) is 7.06. The Bertz CT molecular complexity index is 997. The first-order chi connectivity index (χ1) is 15.6. The number of halogens is 1. The molecule has 0 saturated carbocycles. The van der Waals surface area contributed by atoms with Gasteiger partial charge >= 0.3 is 5.97 Å². The van der Waals surface area contributed by atoms with E-state index in [4.69, 9.17) is 15.2 Å². The zero-order chi connectivity index (χ0) is 22.8. The molecule has 3 rings (SSSR count). The number of benzene rings is 2. The SMILES string of the molecule is CCOCCOC(=O)CC(c1ccc(F)cc1)c1ccnc(Nc2ccc(CN)cc2)n1. The Hall–Kier alpha value is -3.36. The van der Waals surface area contributed by atoms with E-state index in [-0.39, 0.29) is 24.8 Å². The highest BCUT2D eigenvalue weighted by molar-refractivity contribution is 5.71. The second kappa shape index (κ2) is 11.9. The Morgan fingerprint density at radius 2 is 1.84 bits per heavy atom. The normalized spacial score (nSPS) is 11.7. The fourth-order valence-electron chi connectivity index (χ4n) is 3.15. The predicted octanol–water partition coefficient (Wildman–Crippen LogP) is 3.92. The van der Waals surface area contributed by atoms with Crippen molar-refractivity contribution in [3.63, 3.8) is 0 Å². The van der Waals surface area contributed by atoms with E-state index in [1.165, 1.54) is 12.1 Å². The van der Waals surface area contributed by atoms with Crippen LogP contribution in [0.5, 0.6) is 0 Å². The summed E-state index contributed by atoms with van der Waals surface area (Å²) in [5.74, 6) is -0.763. The molecule has 3 N–H and O–H groups in total. The van der Waals surface area contributed by atoms with Gasteiger partial charge in [0.2, 0.25) is 5.95 Å².